The zero-order chi connectivity index (χ0) is 20.8. The van der Waals surface area contributed by atoms with Crippen LogP contribution in [0.15, 0.2) is 67.4 Å². The first-order valence-corrected chi connectivity index (χ1v) is 11.2. The molecule has 4 aromatic rings. The van der Waals surface area contributed by atoms with Crippen molar-refractivity contribution in [2.24, 2.45) is 5.92 Å². The van der Waals surface area contributed by atoms with E-state index in [1.165, 1.54) is 41.5 Å². The average molecular weight is 413 g/mol. The van der Waals surface area contributed by atoms with Gasteiger partial charge in [0.05, 0.1) is 0 Å². The summed E-state index contributed by atoms with van der Waals surface area (Å²) in [5.74, 6) is 0.775. The van der Waals surface area contributed by atoms with E-state index in [1.54, 1.807) is 12.7 Å². The lowest BCUT2D eigenvalue weighted by atomic mass is 9.98. The van der Waals surface area contributed by atoms with Crippen LogP contribution in [0, 0.1) is 5.92 Å². The summed E-state index contributed by atoms with van der Waals surface area (Å²) in [6.07, 6.45) is 8.07. The van der Waals surface area contributed by atoms with Gasteiger partial charge in [0, 0.05) is 54.5 Å². The van der Waals surface area contributed by atoms with Crippen LogP contribution >= 0.6 is 0 Å². The molecule has 6 nitrogen and oxygen atoms in total. The van der Waals surface area contributed by atoms with E-state index < -0.39 is 0 Å². The zero-order valence-corrected chi connectivity index (χ0v) is 17.9. The third-order valence-corrected chi connectivity index (χ3v) is 7.33. The van der Waals surface area contributed by atoms with Gasteiger partial charge in [0.1, 0.15) is 12.7 Å². The number of H-pyrrole nitrogens is 1. The van der Waals surface area contributed by atoms with Gasteiger partial charge in [-0.2, -0.15) is 0 Å². The second kappa shape index (κ2) is 7.62. The van der Waals surface area contributed by atoms with Crippen molar-refractivity contribution in [1.82, 2.24) is 29.5 Å². The van der Waals surface area contributed by atoms with E-state index in [9.17, 15) is 0 Å². The molecule has 6 heteroatoms. The summed E-state index contributed by atoms with van der Waals surface area (Å²) in [4.78, 5) is 8.75. The van der Waals surface area contributed by atoms with Gasteiger partial charge in [0.2, 0.25) is 0 Å². The first kappa shape index (κ1) is 18.8. The topological polar surface area (TPSA) is 53.0 Å². The molecule has 0 aliphatic carbocycles. The number of likely N-dealkylation sites (N-methyl/N-ethyl adjacent to an activating group) is 1. The highest BCUT2D eigenvalue weighted by Crippen LogP contribution is 2.37. The van der Waals surface area contributed by atoms with Crippen molar-refractivity contribution in [3.63, 3.8) is 0 Å². The summed E-state index contributed by atoms with van der Waals surface area (Å²) in [5.41, 5.74) is 5.13. The van der Waals surface area contributed by atoms with Gasteiger partial charge >= 0.3 is 0 Å². The van der Waals surface area contributed by atoms with Crippen molar-refractivity contribution in [2.45, 2.75) is 31.5 Å². The van der Waals surface area contributed by atoms with E-state index in [1.807, 2.05) is 4.57 Å². The van der Waals surface area contributed by atoms with E-state index in [2.05, 4.69) is 86.8 Å². The number of likely N-dealkylation sites (tertiary alicyclic amines) is 2. The summed E-state index contributed by atoms with van der Waals surface area (Å²) in [7, 11) is 2.33. The van der Waals surface area contributed by atoms with Crippen molar-refractivity contribution in [3.8, 4) is 5.69 Å². The first-order chi connectivity index (χ1) is 15.2. The molecule has 0 spiro atoms. The van der Waals surface area contributed by atoms with E-state index in [0.717, 1.165) is 24.6 Å². The molecule has 0 bridgehead atoms. The molecule has 2 aliphatic heterocycles. The van der Waals surface area contributed by atoms with Crippen LogP contribution in [-0.4, -0.2) is 61.8 Å². The normalized spacial score (nSPS) is 24.2. The van der Waals surface area contributed by atoms with E-state index in [-0.39, 0.29) is 0 Å². The fraction of sp³-hybridized carbons (Fsp3) is 0.360. The maximum Gasteiger partial charge on any atom is 0.123 e. The Morgan fingerprint density at radius 1 is 1.03 bits per heavy atom. The Hall–Kier alpha value is -2.96. The Labute approximate surface area is 182 Å². The Balaban J connectivity index is 1.16. The number of aromatic amines is 1. The molecule has 6 rings (SSSR count). The molecule has 2 aliphatic rings. The average Bonchev–Trinajstić information content (AvgIpc) is 3.57. The molecule has 0 radical (unpaired) electrons. The number of benzene rings is 2. The minimum atomic E-state index is 0.603. The molecule has 0 saturated carbocycles. The van der Waals surface area contributed by atoms with Gasteiger partial charge < -0.3 is 4.98 Å². The van der Waals surface area contributed by atoms with Gasteiger partial charge in [-0.25, -0.2) is 0 Å². The molecule has 158 valence electrons. The van der Waals surface area contributed by atoms with Gasteiger partial charge in [-0.05, 0) is 55.1 Å². The Bertz CT molecular complexity index is 1170. The van der Waals surface area contributed by atoms with Crippen molar-refractivity contribution >= 4 is 10.9 Å². The molecule has 2 aromatic heterocycles. The van der Waals surface area contributed by atoms with Crippen LogP contribution in [0.3, 0.4) is 0 Å². The fourth-order valence-corrected chi connectivity index (χ4v) is 5.70. The molecule has 2 aromatic carbocycles. The summed E-state index contributed by atoms with van der Waals surface area (Å²) >= 11 is 0. The van der Waals surface area contributed by atoms with Crippen LogP contribution in [0.25, 0.3) is 16.6 Å². The smallest absolute Gasteiger partial charge is 0.123 e. The Kier molecular flexibility index (Phi) is 4.62. The van der Waals surface area contributed by atoms with Crippen LogP contribution in [0.2, 0.25) is 0 Å². The molecule has 1 N–H and O–H groups in total. The zero-order valence-electron chi connectivity index (χ0n) is 17.9. The number of rotatable bonds is 5. The Morgan fingerprint density at radius 2 is 1.87 bits per heavy atom. The highest BCUT2D eigenvalue weighted by Gasteiger charge is 2.44. The molecule has 0 unspecified atom stereocenters. The van der Waals surface area contributed by atoms with Gasteiger partial charge in [-0.1, -0.05) is 30.3 Å². The molecule has 31 heavy (non-hydrogen) atoms. The second-order valence-corrected chi connectivity index (χ2v) is 9.18. The molecular formula is C25H28N6. The predicted molar refractivity (Wildman–Crippen MR) is 122 cm³/mol. The molecule has 3 atom stereocenters. The van der Waals surface area contributed by atoms with Crippen LogP contribution in [0.5, 0.6) is 0 Å². The summed E-state index contributed by atoms with van der Waals surface area (Å²) < 4.78 is 1.96. The molecule has 4 heterocycles. The van der Waals surface area contributed by atoms with E-state index in [4.69, 9.17) is 0 Å². The van der Waals surface area contributed by atoms with Crippen molar-refractivity contribution in [1.29, 1.82) is 0 Å². The third-order valence-electron chi connectivity index (χ3n) is 7.33. The molecule has 0 amide bonds. The van der Waals surface area contributed by atoms with E-state index >= 15 is 0 Å². The third kappa shape index (κ3) is 3.46. The summed E-state index contributed by atoms with van der Waals surface area (Å²) in [6, 6.07) is 18.7. The number of fused-ring (bicyclic) bond motifs is 2. The lowest BCUT2D eigenvalue weighted by Crippen LogP contribution is -2.37. The van der Waals surface area contributed by atoms with Gasteiger partial charge in [-0.15, -0.1) is 10.2 Å². The van der Waals surface area contributed by atoms with Crippen molar-refractivity contribution < 1.29 is 0 Å². The second-order valence-electron chi connectivity index (χ2n) is 9.18. The van der Waals surface area contributed by atoms with Crippen LogP contribution in [0.4, 0.5) is 0 Å². The lowest BCUT2D eigenvalue weighted by Gasteiger charge is -2.27. The van der Waals surface area contributed by atoms with Crippen molar-refractivity contribution in [3.05, 3.63) is 78.5 Å². The quantitative estimate of drug-likeness (QED) is 0.545. The SMILES string of the molecule is CN1[C@H](Cc2c[nH]c3ccc(-n4cnnc4)cc23)C[C@H]2CN(Cc3ccccc3)C[C@H]21. The monoisotopic (exact) mass is 412 g/mol. The van der Waals surface area contributed by atoms with Crippen LogP contribution in [-0.2, 0) is 13.0 Å². The summed E-state index contributed by atoms with van der Waals surface area (Å²) in [5, 5.41) is 9.19. The fourth-order valence-electron chi connectivity index (χ4n) is 5.70. The van der Waals surface area contributed by atoms with Gasteiger partial charge in [0.15, 0.2) is 0 Å². The highest BCUT2D eigenvalue weighted by atomic mass is 15.3. The largest absolute Gasteiger partial charge is 0.361 e. The maximum absolute atomic E-state index is 3.94. The minimum absolute atomic E-state index is 0.603. The maximum atomic E-state index is 3.94. The van der Waals surface area contributed by atoms with Gasteiger partial charge in [0.25, 0.3) is 0 Å². The lowest BCUT2D eigenvalue weighted by molar-refractivity contribution is 0.208. The number of aromatic nitrogens is 4. The number of hydrogen-bond acceptors (Lipinski definition) is 4. The van der Waals surface area contributed by atoms with E-state index in [0.29, 0.717) is 12.1 Å². The molecule has 2 saturated heterocycles. The number of hydrogen-bond donors (Lipinski definition) is 1. The number of nitrogens with one attached hydrogen (secondary N) is 1. The standard InChI is InChI=1S/C25H28N6/c1-29-22(10-20-14-30(15-25(20)29)13-18-5-3-2-4-6-18)9-19-12-26-24-8-7-21(11-23(19)24)31-16-27-28-17-31/h2-8,11-12,16-17,20,22,25-26H,9-10,13-15H2,1H3/t20-,22+,25+/m0/s1. The van der Waals surface area contributed by atoms with Crippen LogP contribution < -0.4 is 0 Å². The Morgan fingerprint density at radius 3 is 2.68 bits per heavy atom. The van der Waals surface area contributed by atoms with Gasteiger partial charge in [-0.3, -0.25) is 14.4 Å². The number of nitrogens with zero attached hydrogens (tertiary/aromatic N) is 5. The summed E-state index contributed by atoms with van der Waals surface area (Å²) in [6.45, 7) is 3.46. The highest BCUT2D eigenvalue weighted by molar-refractivity contribution is 5.85. The molecule has 2 fully saturated rings. The predicted octanol–water partition coefficient (Wildman–Crippen LogP) is 3.50. The minimum Gasteiger partial charge on any atom is -0.361 e. The van der Waals surface area contributed by atoms with Crippen LogP contribution in [0.1, 0.15) is 17.5 Å². The first-order valence-electron chi connectivity index (χ1n) is 11.2. The van der Waals surface area contributed by atoms with Crippen molar-refractivity contribution in [2.75, 3.05) is 20.1 Å². The molecular weight excluding hydrogens is 384 g/mol.